The minimum atomic E-state index is -2.55. The Morgan fingerprint density at radius 3 is 1.48 bits per heavy atom. The highest BCUT2D eigenvalue weighted by molar-refractivity contribution is 6.75. The lowest BCUT2D eigenvalue weighted by Crippen LogP contribution is -2.57. The molecule has 0 radical (unpaired) electrons. The summed E-state index contributed by atoms with van der Waals surface area (Å²) >= 11 is 0. The lowest BCUT2D eigenvalue weighted by Gasteiger charge is -2.46. The zero-order chi connectivity index (χ0) is 44.5. The largest absolute Gasteiger partial charge is 0.416 e. The van der Waals surface area contributed by atoms with E-state index in [2.05, 4.69) is 161 Å². The summed E-state index contributed by atoms with van der Waals surface area (Å²) in [6.07, 6.45) is 2.67. The average Bonchev–Trinajstić information content (AvgIpc) is 3.70. The van der Waals surface area contributed by atoms with E-state index in [1.54, 1.807) is 7.05 Å². The van der Waals surface area contributed by atoms with Gasteiger partial charge in [0.05, 0.1) is 43.7 Å². The summed E-state index contributed by atoms with van der Waals surface area (Å²) in [5.74, 6) is -1.72. The summed E-state index contributed by atoms with van der Waals surface area (Å²) in [7, 11) is -6.72. The second kappa shape index (κ2) is 18.6. The number of rotatable bonds is 20. The quantitative estimate of drug-likeness (QED) is 0.0517. The van der Waals surface area contributed by atoms with Crippen LogP contribution >= 0.6 is 0 Å². The Labute approximate surface area is 349 Å². The maximum atomic E-state index is 16.1. The summed E-state index contributed by atoms with van der Waals surface area (Å²) in [5, 5.41) is 0.721. The van der Waals surface area contributed by atoms with E-state index in [1.165, 1.54) is 12.2 Å². The zero-order valence-corrected chi connectivity index (χ0v) is 45.0. The van der Waals surface area contributed by atoms with Gasteiger partial charge in [-0.05, 0) is 86.4 Å². The molecule has 56 heavy (non-hydrogen) atoms. The molecule has 9 nitrogen and oxygen atoms in total. The van der Waals surface area contributed by atoms with Crippen molar-refractivity contribution in [2.24, 2.45) is 17.8 Å². The third kappa shape index (κ3) is 13.3. The van der Waals surface area contributed by atoms with Gasteiger partial charge < -0.3 is 22.4 Å². The second-order valence-corrected chi connectivity index (χ2v) is 42.0. The van der Waals surface area contributed by atoms with Gasteiger partial charge in [-0.3, -0.25) is 14.4 Å². The van der Waals surface area contributed by atoms with Crippen LogP contribution in [0.15, 0.2) is 12.2 Å². The lowest BCUT2D eigenvalue weighted by atomic mass is 9.79. The fraction of sp³-hybridized carbons (Fsp3) is 0.907. The summed E-state index contributed by atoms with van der Waals surface area (Å²) in [6.45, 7) is 50.8. The first kappa shape index (κ1) is 53.5. The Morgan fingerprint density at radius 1 is 0.714 bits per heavy atom. The minimum absolute atomic E-state index is 0.0353. The van der Waals surface area contributed by atoms with Crippen LogP contribution in [0.1, 0.15) is 110 Å². The van der Waals surface area contributed by atoms with Crippen molar-refractivity contribution in [3.8, 4) is 0 Å². The van der Waals surface area contributed by atoms with E-state index in [-0.39, 0.29) is 63.5 Å². The molecule has 13 heteroatoms. The monoisotopic (exact) mass is 860 g/mol. The molecule has 330 valence electrons. The number of amides is 1. The first-order chi connectivity index (χ1) is 24.7. The fourth-order valence-electron chi connectivity index (χ4n) is 5.81. The van der Waals surface area contributed by atoms with Crippen molar-refractivity contribution in [2.75, 3.05) is 27.4 Å². The smallest absolute Gasteiger partial charge is 0.248 e. The summed E-state index contributed by atoms with van der Waals surface area (Å²) in [5.41, 5.74) is -0.752. The van der Waals surface area contributed by atoms with Crippen LogP contribution in [0.5, 0.6) is 0 Å². The molecule has 7 atom stereocenters. The molecule has 0 aromatic carbocycles. The third-order valence-electron chi connectivity index (χ3n) is 14.3. The Hall–Kier alpha value is -0.492. The molecule has 0 spiro atoms. The number of ketones is 1. The van der Waals surface area contributed by atoms with Gasteiger partial charge in [-0.25, -0.2) is 5.06 Å². The van der Waals surface area contributed by atoms with Crippen LogP contribution < -0.4 is 0 Å². The average molecular weight is 861 g/mol. The second-order valence-electron chi connectivity index (χ2n) is 22.9. The molecule has 1 aliphatic heterocycles. The molecule has 0 aromatic heterocycles. The van der Waals surface area contributed by atoms with Crippen molar-refractivity contribution < 1.29 is 36.9 Å². The van der Waals surface area contributed by atoms with Gasteiger partial charge in [-0.15, -0.1) is 0 Å². The number of carbonyl (C=O) groups is 2. The van der Waals surface area contributed by atoms with Gasteiger partial charge >= 0.3 is 0 Å². The van der Waals surface area contributed by atoms with Gasteiger partial charge in [-0.1, -0.05) is 102 Å². The molecule has 0 N–H and O–H groups in total. The highest BCUT2D eigenvalue weighted by Gasteiger charge is 2.65. The highest BCUT2D eigenvalue weighted by atomic mass is 28.4. The van der Waals surface area contributed by atoms with Crippen LogP contribution in [-0.4, -0.2) is 101 Å². The number of ether oxygens (including phenoxy) is 1. The molecule has 0 aromatic rings. The highest BCUT2D eigenvalue weighted by Crippen LogP contribution is 2.52. The van der Waals surface area contributed by atoms with Crippen LogP contribution in [0, 0.1) is 17.8 Å². The van der Waals surface area contributed by atoms with E-state index in [9.17, 15) is 4.79 Å². The molecule has 1 heterocycles. The van der Waals surface area contributed by atoms with Gasteiger partial charge in [0.2, 0.25) is 5.91 Å². The van der Waals surface area contributed by atoms with Gasteiger partial charge in [0.1, 0.15) is 11.4 Å². The van der Waals surface area contributed by atoms with E-state index >= 15 is 4.79 Å². The number of hydrogen-bond acceptors (Lipinski definition) is 8. The number of carbonyl (C=O) groups excluding carboxylic acids is 2. The molecule has 1 aliphatic rings. The van der Waals surface area contributed by atoms with Gasteiger partial charge in [0.15, 0.2) is 33.3 Å². The van der Waals surface area contributed by atoms with Gasteiger partial charge in [0.25, 0.3) is 0 Å². The molecule has 0 saturated carbocycles. The van der Waals surface area contributed by atoms with E-state index in [4.69, 9.17) is 27.3 Å². The molecule has 1 saturated heterocycles. The van der Waals surface area contributed by atoms with Crippen molar-refractivity contribution >= 4 is 45.0 Å². The van der Waals surface area contributed by atoms with Crippen LogP contribution in [-0.2, 0) is 36.9 Å². The van der Waals surface area contributed by atoms with Gasteiger partial charge in [0, 0.05) is 26.2 Å². The Balaban J connectivity index is 4.32. The third-order valence-corrected chi connectivity index (χ3v) is 32.3. The van der Waals surface area contributed by atoms with E-state index < -0.39 is 62.9 Å². The van der Waals surface area contributed by atoms with Gasteiger partial charge in [-0.2, -0.15) is 0 Å². The lowest BCUT2D eigenvalue weighted by molar-refractivity contribution is -0.171. The maximum absolute atomic E-state index is 16.1. The Bertz CT molecular complexity index is 1340. The summed E-state index contributed by atoms with van der Waals surface area (Å²) < 4.78 is 35.5. The number of hydroxylamine groups is 2. The van der Waals surface area contributed by atoms with Crippen molar-refractivity contribution in [1.29, 1.82) is 0 Å². The molecule has 0 aliphatic carbocycles. The van der Waals surface area contributed by atoms with E-state index in [1.807, 2.05) is 6.92 Å². The molecular weight excluding hydrogens is 771 g/mol. The first-order valence-electron chi connectivity index (χ1n) is 21.0. The normalized spacial score (nSPS) is 22.1. The molecule has 0 unspecified atom stereocenters. The van der Waals surface area contributed by atoms with E-state index in [0.29, 0.717) is 0 Å². The minimum Gasteiger partial charge on any atom is -0.416 e. The molecule has 1 fully saturated rings. The number of epoxide rings is 1. The molecule has 1 amide bonds. The van der Waals surface area contributed by atoms with Crippen molar-refractivity contribution in [2.45, 2.75) is 207 Å². The van der Waals surface area contributed by atoms with Crippen LogP contribution in [0.25, 0.3) is 0 Å². The number of Topliss-reactive ketones (excluding diaryl/α,β-unsaturated/α-hetero) is 1. The molecular formula is C43H89NO8Si4. The van der Waals surface area contributed by atoms with Crippen molar-refractivity contribution in [1.82, 2.24) is 5.06 Å². The van der Waals surface area contributed by atoms with Crippen LogP contribution in [0.3, 0.4) is 0 Å². The standard InChI is InChI=1S/C43H89NO8Si4/c1-26-27-31(2)37-43(15,50-37)38(52-56(24,25)42(12,13)14)33(30-49-54(20,21)40(6,7)8)36(46)32(29-48-53(18,19)39(3,4)5)34(28-35(45)44(16)47-17)51-55(22,23)41(9,10)11/h26-27,31-34,37-38H,28-30H2,1-25H3/b27-26-/t31-,32-,33-,34+,37+,38-,43+/m0/s1. The Morgan fingerprint density at radius 2 is 1.11 bits per heavy atom. The predicted molar refractivity (Wildman–Crippen MR) is 244 cm³/mol. The topological polar surface area (TPSA) is 96.1 Å². The maximum Gasteiger partial charge on any atom is 0.248 e. The van der Waals surface area contributed by atoms with Crippen LogP contribution in [0.2, 0.25) is 72.5 Å². The fourth-order valence-corrected chi connectivity index (χ4v) is 10.6. The number of allylic oxidation sites excluding steroid dienone is 1. The van der Waals surface area contributed by atoms with Crippen LogP contribution in [0.4, 0.5) is 0 Å². The van der Waals surface area contributed by atoms with E-state index in [0.717, 1.165) is 0 Å². The molecule has 0 bridgehead atoms. The SMILES string of the molecule is C/C=C\[C@H](C)[C@H]1O[C@@]1(C)[C@@H](O[Si](C)(C)C(C)(C)C)[C@@H](CO[Si](C)(C)C(C)(C)C)C(=O)[C@@H](CO[Si](C)(C)C(C)(C)C)[C@@H](CC(=O)N(C)OC)O[Si](C)(C)C(C)(C)C. The number of nitrogens with zero attached hydrogens (tertiary/aromatic N) is 1. The van der Waals surface area contributed by atoms with Crippen molar-refractivity contribution in [3.63, 3.8) is 0 Å². The Kier molecular flexibility index (Phi) is 17.8. The predicted octanol–water partition coefficient (Wildman–Crippen LogP) is 11.4. The summed E-state index contributed by atoms with van der Waals surface area (Å²) in [6, 6.07) is 0. The summed E-state index contributed by atoms with van der Waals surface area (Å²) in [4.78, 5) is 35.4. The number of hydrogen-bond donors (Lipinski definition) is 0. The molecule has 1 rings (SSSR count). The zero-order valence-electron chi connectivity index (χ0n) is 41.0. The van der Waals surface area contributed by atoms with Crippen molar-refractivity contribution in [3.05, 3.63) is 12.2 Å². The first-order valence-corrected chi connectivity index (χ1v) is 32.7.